The van der Waals surface area contributed by atoms with E-state index in [1.54, 1.807) is 31.3 Å². The number of benzene rings is 1. The number of methoxy groups -OCH3 is 1. The molecule has 0 saturated heterocycles. The number of nitrogens with zero attached hydrogens (tertiary/aromatic N) is 1. The Morgan fingerprint density at radius 3 is 2.38 bits per heavy atom. The summed E-state index contributed by atoms with van der Waals surface area (Å²) in [6, 6.07) is 6.65. The zero-order valence-corrected chi connectivity index (χ0v) is 13.5. The fourth-order valence-corrected chi connectivity index (χ4v) is 3.89. The van der Waals surface area contributed by atoms with E-state index >= 15 is 0 Å². The summed E-state index contributed by atoms with van der Waals surface area (Å²) in [5.41, 5.74) is 0.701. The molecule has 4 atom stereocenters. The molecule has 6 heteroatoms. The minimum atomic E-state index is -0.945. The summed E-state index contributed by atoms with van der Waals surface area (Å²) >= 11 is 0. The average molecular weight is 329 g/mol. The van der Waals surface area contributed by atoms with Crippen LogP contribution in [0.5, 0.6) is 0 Å². The molecule has 0 aromatic heterocycles. The normalized spacial score (nSPS) is 27.1. The molecule has 0 aliphatic heterocycles. The Morgan fingerprint density at radius 1 is 1.12 bits per heavy atom. The van der Waals surface area contributed by atoms with Crippen LogP contribution in [-0.4, -0.2) is 37.1 Å². The maximum absolute atomic E-state index is 13.0. The molecule has 2 bridgehead atoms. The number of amides is 1. The van der Waals surface area contributed by atoms with Crippen LogP contribution in [0, 0.1) is 23.7 Å². The van der Waals surface area contributed by atoms with Gasteiger partial charge < -0.3 is 14.7 Å². The molecule has 1 fully saturated rings. The first-order valence-electron chi connectivity index (χ1n) is 7.81. The van der Waals surface area contributed by atoms with Gasteiger partial charge in [0, 0.05) is 7.05 Å². The molecule has 24 heavy (non-hydrogen) atoms. The fourth-order valence-electron chi connectivity index (χ4n) is 3.89. The van der Waals surface area contributed by atoms with E-state index in [9.17, 15) is 19.5 Å². The molecule has 2 aliphatic rings. The van der Waals surface area contributed by atoms with E-state index in [1.165, 1.54) is 12.0 Å². The lowest BCUT2D eigenvalue weighted by atomic mass is 9.82. The Bertz CT molecular complexity index is 726. The van der Waals surface area contributed by atoms with Crippen molar-refractivity contribution in [3.05, 3.63) is 42.0 Å². The number of esters is 1. The Kier molecular flexibility index (Phi) is 4.13. The molecular formula is C18H19NO5. The second-order valence-electron chi connectivity index (χ2n) is 6.24. The Hall–Kier alpha value is -2.63. The number of allylic oxidation sites excluding steroid dienone is 2. The highest BCUT2D eigenvalue weighted by atomic mass is 16.5. The van der Waals surface area contributed by atoms with Crippen molar-refractivity contribution in [2.24, 2.45) is 23.7 Å². The van der Waals surface area contributed by atoms with Crippen LogP contribution >= 0.6 is 0 Å². The van der Waals surface area contributed by atoms with Crippen LogP contribution < -0.4 is 4.90 Å². The molecule has 1 amide bonds. The summed E-state index contributed by atoms with van der Waals surface area (Å²) in [5, 5.41) is 9.51. The van der Waals surface area contributed by atoms with Crippen LogP contribution in [0.25, 0.3) is 0 Å². The second-order valence-corrected chi connectivity index (χ2v) is 6.24. The summed E-state index contributed by atoms with van der Waals surface area (Å²) in [7, 11) is 2.85. The van der Waals surface area contributed by atoms with E-state index in [-0.39, 0.29) is 23.3 Å². The number of carboxylic acids is 1. The number of anilines is 1. The number of para-hydroxylation sites is 1. The van der Waals surface area contributed by atoms with Gasteiger partial charge in [-0.25, -0.2) is 4.79 Å². The average Bonchev–Trinajstić information content (AvgIpc) is 3.20. The molecule has 0 spiro atoms. The van der Waals surface area contributed by atoms with Crippen LogP contribution in [0.15, 0.2) is 36.4 Å². The van der Waals surface area contributed by atoms with Gasteiger partial charge >= 0.3 is 11.9 Å². The lowest BCUT2D eigenvalue weighted by Gasteiger charge is -2.29. The van der Waals surface area contributed by atoms with Crippen molar-refractivity contribution in [2.75, 3.05) is 19.1 Å². The lowest BCUT2D eigenvalue weighted by Crippen LogP contribution is -2.41. The third kappa shape index (κ3) is 2.48. The van der Waals surface area contributed by atoms with E-state index in [0.29, 0.717) is 12.1 Å². The van der Waals surface area contributed by atoms with Crippen LogP contribution in [0.1, 0.15) is 16.8 Å². The van der Waals surface area contributed by atoms with Crippen molar-refractivity contribution < 1.29 is 24.2 Å². The standard InChI is InChI=1S/C18H19NO5/c1-19(13-6-4-3-5-12(13)18(23)24-2)16(20)14-10-7-8-11(9-10)15(14)17(21)22/h3-8,10-11,14-15H,9H2,1-2H3,(H,21,22). The predicted octanol–water partition coefficient (Wildman–Crippen LogP) is 1.96. The van der Waals surface area contributed by atoms with Gasteiger partial charge in [-0.3, -0.25) is 9.59 Å². The van der Waals surface area contributed by atoms with E-state index in [0.717, 1.165) is 0 Å². The van der Waals surface area contributed by atoms with E-state index in [4.69, 9.17) is 4.74 Å². The molecule has 1 aromatic rings. The van der Waals surface area contributed by atoms with Gasteiger partial charge in [0.05, 0.1) is 30.2 Å². The van der Waals surface area contributed by atoms with Crippen LogP contribution in [-0.2, 0) is 14.3 Å². The van der Waals surface area contributed by atoms with E-state index < -0.39 is 23.8 Å². The summed E-state index contributed by atoms with van der Waals surface area (Å²) in [4.78, 5) is 37.9. The number of carboxylic acid groups (broad SMARTS) is 1. The monoisotopic (exact) mass is 329 g/mol. The number of aliphatic carboxylic acids is 1. The number of carbonyl (C=O) groups is 3. The van der Waals surface area contributed by atoms with Crippen molar-refractivity contribution in [1.29, 1.82) is 0 Å². The molecule has 3 rings (SSSR count). The van der Waals surface area contributed by atoms with Crippen molar-refractivity contribution in [2.45, 2.75) is 6.42 Å². The molecule has 6 nitrogen and oxygen atoms in total. The van der Waals surface area contributed by atoms with Gasteiger partial charge in [0.15, 0.2) is 0 Å². The largest absolute Gasteiger partial charge is 0.481 e. The molecule has 4 unspecified atom stereocenters. The Morgan fingerprint density at radius 2 is 1.75 bits per heavy atom. The van der Waals surface area contributed by atoms with Gasteiger partial charge in [-0.15, -0.1) is 0 Å². The number of rotatable bonds is 4. The van der Waals surface area contributed by atoms with E-state index in [1.807, 2.05) is 12.2 Å². The van der Waals surface area contributed by atoms with Crippen molar-refractivity contribution >= 4 is 23.5 Å². The number of ether oxygens (including phenoxy) is 1. The van der Waals surface area contributed by atoms with Gasteiger partial charge in [-0.2, -0.15) is 0 Å². The minimum absolute atomic E-state index is 0.0589. The zero-order valence-electron chi connectivity index (χ0n) is 13.5. The maximum atomic E-state index is 13.0. The highest BCUT2D eigenvalue weighted by Gasteiger charge is 2.52. The van der Waals surface area contributed by atoms with Gasteiger partial charge in [0.25, 0.3) is 0 Å². The van der Waals surface area contributed by atoms with Crippen LogP contribution in [0.2, 0.25) is 0 Å². The molecule has 0 radical (unpaired) electrons. The molecule has 1 saturated carbocycles. The zero-order chi connectivity index (χ0) is 17.4. The maximum Gasteiger partial charge on any atom is 0.339 e. The third-order valence-corrected chi connectivity index (χ3v) is 5.03. The molecular weight excluding hydrogens is 310 g/mol. The summed E-state index contributed by atoms with van der Waals surface area (Å²) < 4.78 is 4.76. The summed E-state index contributed by atoms with van der Waals surface area (Å²) in [6.45, 7) is 0. The molecule has 1 aromatic carbocycles. The van der Waals surface area contributed by atoms with Gasteiger partial charge in [-0.1, -0.05) is 24.3 Å². The number of hydrogen-bond acceptors (Lipinski definition) is 4. The number of carbonyl (C=O) groups excluding carboxylic acids is 2. The Labute approximate surface area is 139 Å². The van der Waals surface area contributed by atoms with Crippen LogP contribution in [0.3, 0.4) is 0 Å². The van der Waals surface area contributed by atoms with E-state index in [2.05, 4.69) is 0 Å². The SMILES string of the molecule is COC(=O)c1ccccc1N(C)C(=O)C1C2C=CC(C2)C1C(=O)O. The molecule has 2 aliphatic carbocycles. The second kappa shape index (κ2) is 6.11. The Balaban J connectivity index is 1.92. The highest BCUT2D eigenvalue weighted by molar-refractivity contribution is 6.04. The van der Waals surface area contributed by atoms with Gasteiger partial charge in [0.1, 0.15) is 0 Å². The van der Waals surface area contributed by atoms with Crippen molar-refractivity contribution in [1.82, 2.24) is 0 Å². The predicted molar refractivity (Wildman–Crippen MR) is 86.5 cm³/mol. The first kappa shape index (κ1) is 16.2. The minimum Gasteiger partial charge on any atom is -0.481 e. The lowest BCUT2D eigenvalue weighted by molar-refractivity contribution is -0.147. The fraction of sp³-hybridized carbons (Fsp3) is 0.389. The quantitative estimate of drug-likeness (QED) is 0.674. The summed E-state index contributed by atoms with van der Waals surface area (Å²) in [6.07, 6.45) is 4.53. The van der Waals surface area contributed by atoms with Crippen molar-refractivity contribution in [3.63, 3.8) is 0 Å². The topological polar surface area (TPSA) is 83.9 Å². The number of hydrogen-bond donors (Lipinski definition) is 1. The smallest absolute Gasteiger partial charge is 0.339 e. The third-order valence-electron chi connectivity index (χ3n) is 5.03. The van der Waals surface area contributed by atoms with Gasteiger partial charge in [0.2, 0.25) is 5.91 Å². The first-order valence-corrected chi connectivity index (χ1v) is 7.81. The molecule has 1 N–H and O–H groups in total. The van der Waals surface area contributed by atoms with Crippen molar-refractivity contribution in [3.8, 4) is 0 Å². The summed E-state index contributed by atoms with van der Waals surface area (Å²) in [5.74, 6) is -3.22. The molecule has 0 heterocycles. The van der Waals surface area contributed by atoms with Gasteiger partial charge in [-0.05, 0) is 30.4 Å². The highest BCUT2D eigenvalue weighted by Crippen LogP contribution is 2.49. The van der Waals surface area contributed by atoms with Crippen LogP contribution in [0.4, 0.5) is 5.69 Å². The first-order chi connectivity index (χ1) is 11.5. The molecule has 126 valence electrons. The number of fused-ring (bicyclic) bond motifs is 2.